The quantitative estimate of drug-likeness (QED) is 0.707. The number of carbonyl (C=O) groups excluding carboxylic acids is 1. The maximum atomic E-state index is 12.1. The first-order valence-corrected chi connectivity index (χ1v) is 8.39. The third-order valence-electron chi connectivity index (χ3n) is 3.45. The number of halogens is 1. The van der Waals surface area contributed by atoms with Gasteiger partial charge in [0.15, 0.2) is 17.3 Å². The second kappa shape index (κ2) is 6.27. The first-order valence-electron chi connectivity index (χ1n) is 7.20. The van der Waals surface area contributed by atoms with E-state index in [1.807, 2.05) is 0 Å². The number of hydrogen-bond acceptors (Lipinski definition) is 6. The van der Waals surface area contributed by atoms with Crippen LogP contribution in [0.15, 0.2) is 39.7 Å². The van der Waals surface area contributed by atoms with E-state index in [0.29, 0.717) is 31.3 Å². The third-order valence-corrected chi connectivity index (χ3v) is 4.70. The lowest BCUT2D eigenvalue weighted by molar-refractivity contribution is 0.103. The van der Waals surface area contributed by atoms with E-state index in [1.54, 1.807) is 30.3 Å². The average Bonchev–Trinajstić information content (AvgIpc) is 3.29. The lowest BCUT2D eigenvalue weighted by Crippen LogP contribution is -2.20. The predicted octanol–water partition coefficient (Wildman–Crippen LogP) is 1.90. The highest BCUT2D eigenvalue weighted by molar-refractivity contribution is 7.07. The van der Waals surface area contributed by atoms with Crippen LogP contribution in [0.2, 0.25) is 5.02 Å². The zero-order chi connectivity index (χ0) is 17.4. The maximum absolute atomic E-state index is 12.1. The fraction of sp³-hybridized carbons (Fsp3) is 0.0588. The SMILES string of the molecule is O=C(/C=c1/[nH]c(=O)/c(=C/c2cc(Cl)c3c(c2)OCO3)s1)c1ccco1. The number of benzene rings is 1. The van der Waals surface area contributed by atoms with E-state index >= 15 is 0 Å². The highest BCUT2D eigenvalue weighted by Gasteiger charge is 2.17. The van der Waals surface area contributed by atoms with Crippen molar-refractivity contribution in [3.8, 4) is 11.5 Å². The lowest BCUT2D eigenvalue weighted by atomic mass is 10.2. The largest absolute Gasteiger partial charge is 0.461 e. The van der Waals surface area contributed by atoms with Crippen molar-refractivity contribution in [2.45, 2.75) is 0 Å². The summed E-state index contributed by atoms with van der Waals surface area (Å²) in [5, 5.41) is 0.411. The molecule has 1 aliphatic heterocycles. The molecule has 0 saturated carbocycles. The molecular weight excluding hydrogens is 366 g/mol. The molecule has 0 unspecified atom stereocenters. The van der Waals surface area contributed by atoms with Crippen LogP contribution in [0.1, 0.15) is 16.1 Å². The Hall–Kier alpha value is -2.77. The van der Waals surface area contributed by atoms with Crippen LogP contribution in [-0.2, 0) is 0 Å². The number of nitrogens with one attached hydrogen (secondary N) is 1. The molecule has 2 aromatic heterocycles. The van der Waals surface area contributed by atoms with Gasteiger partial charge in [0.1, 0.15) is 0 Å². The molecule has 25 heavy (non-hydrogen) atoms. The van der Waals surface area contributed by atoms with E-state index in [0.717, 1.165) is 11.3 Å². The van der Waals surface area contributed by atoms with E-state index in [9.17, 15) is 9.59 Å². The van der Waals surface area contributed by atoms with Gasteiger partial charge in [-0.3, -0.25) is 9.59 Å². The second-order valence-electron chi connectivity index (χ2n) is 5.15. The number of H-pyrrole nitrogens is 1. The van der Waals surface area contributed by atoms with Crippen molar-refractivity contribution in [3.05, 3.63) is 66.4 Å². The zero-order valence-electron chi connectivity index (χ0n) is 12.6. The molecule has 6 nitrogen and oxygen atoms in total. The topological polar surface area (TPSA) is 81.5 Å². The molecule has 0 saturated heterocycles. The van der Waals surface area contributed by atoms with E-state index in [-0.39, 0.29) is 23.9 Å². The Morgan fingerprint density at radius 2 is 2.20 bits per heavy atom. The molecule has 8 heteroatoms. The van der Waals surface area contributed by atoms with E-state index in [1.165, 1.54) is 12.3 Å². The van der Waals surface area contributed by atoms with E-state index < -0.39 is 0 Å². The summed E-state index contributed by atoms with van der Waals surface area (Å²) in [5.74, 6) is 0.922. The molecule has 0 aliphatic carbocycles. The van der Waals surface area contributed by atoms with Crippen molar-refractivity contribution in [2.24, 2.45) is 0 Å². The molecule has 3 heterocycles. The Labute approximate surface area is 149 Å². The summed E-state index contributed by atoms with van der Waals surface area (Å²) in [7, 11) is 0. The van der Waals surface area contributed by atoms with Gasteiger partial charge >= 0.3 is 0 Å². The van der Waals surface area contributed by atoms with Crippen LogP contribution >= 0.6 is 22.9 Å². The van der Waals surface area contributed by atoms with Gasteiger partial charge in [0, 0.05) is 6.08 Å². The van der Waals surface area contributed by atoms with Crippen LogP contribution in [0.4, 0.5) is 0 Å². The van der Waals surface area contributed by atoms with Gasteiger partial charge in [-0.15, -0.1) is 11.3 Å². The molecule has 1 aliphatic rings. The molecular formula is C17H10ClNO5S. The molecule has 0 spiro atoms. The molecule has 0 atom stereocenters. The fourth-order valence-electron chi connectivity index (χ4n) is 2.36. The van der Waals surface area contributed by atoms with E-state index in [2.05, 4.69) is 4.98 Å². The van der Waals surface area contributed by atoms with Crippen molar-refractivity contribution < 1.29 is 18.7 Å². The van der Waals surface area contributed by atoms with Gasteiger partial charge in [0.2, 0.25) is 12.6 Å². The molecule has 0 fully saturated rings. The summed E-state index contributed by atoms with van der Waals surface area (Å²) < 4.78 is 16.5. The smallest absolute Gasteiger partial charge is 0.266 e. The Bertz CT molecular complexity index is 1130. The Balaban J connectivity index is 1.74. The standard InChI is InChI=1S/C17H10ClNO5S/c18-10-4-9(5-13-16(10)24-8-23-13)6-14-17(21)19-15(25-14)7-11(20)12-2-1-3-22-12/h1-7H,8H2,(H,19,21)/b14-6-,15-7-. The van der Waals surface area contributed by atoms with Crippen LogP contribution in [0.5, 0.6) is 11.5 Å². The third kappa shape index (κ3) is 3.11. The fourth-order valence-corrected chi connectivity index (χ4v) is 3.51. The summed E-state index contributed by atoms with van der Waals surface area (Å²) in [5.41, 5.74) is 0.405. The Morgan fingerprint density at radius 3 is 3.00 bits per heavy atom. The molecule has 126 valence electrons. The monoisotopic (exact) mass is 375 g/mol. The molecule has 0 bridgehead atoms. The number of ketones is 1. The van der Waals surface area contributed by atoms with Crippen LogP contribution < -0.4 is 24.2 Å². The van der Waals surface area contributed by atoms with Gasteiger partial charge < -0.3 is 18.9 Å². The van der Waals surface area contributed by atoms with Gasteiger partial charge in [0.05, 0.1) is 20.5 Å². The minimum atomic E-state index is -0.319. The summed E-state index contributed by atoms with van der Waals surface area (Å²) in [6.45, 7) is 0.117. The van der Waals surface area contributed by atoms with Crippen molar-refractivity contribution in [1.29, 1.82) is 0 Å². The average molecular weight is 376 g/mol. The van der Waals surface area contributed by atoms with Crippen molar-refractivity contribution in [2.75, 3.05) is 6.79 Å². The Morgan fingerprint density at radius 1 is 1.32 bits per heavy atom. The van der Waals surface area contributed by atoms with Crippen molar-refractivity contribution >= 4 is 40.9 Å². The van der Waals surface area contributed by atoms with Gasteiger partial charge in [-0.25, -0.2) is 0 Å². The second-order valence-corrected chi connectivity index (χ2v) is 6.64. The summed E-state index contributed by atoms with van der Waals surface area (Å²) >= 11 is 7.31. The number of aromatic amines is 1. The van der Waals surface area contributed by atoms with Crippen LogP contribution in [0, 0.1) is 0 Å². The Kier molecular flexibility index (Phi) is 3.95. The van der Waals surface area contributed by atoms with Crippen molar-refractivity contribution in [3.63, 3.8) is 0 Å². The van der Waals surface area contributed by atoms with Crippen molar-refractivity contribution in [1.82, 2.24) is 4.98 Å². The number of rotatable bonds is 3. The molecule has 1 N–H and O–H groups in total. The molecule has 1 aromatic carbocycles. The summed E-state index contributed by atoms with van der Waals surface area (Å²) in [6, 6.07) is 6.61. The number of carbonyl (C=O) groups is 1. The molecule has 3 aromatic rings. The van der Waals surface area contributed by atoms with Crippen LogP contribution in [0.25, 0.3) is 12.2 Å². The van der Waals surface area contributed by atoms with Gasteiger partial charge in [-0.1, -0.05) is 11.6 Å². The van der Waals surface area contributed by atoms with Gasteiger partial charge in [0.25, 0.3) is 5.56 Å². The number of fused-ring (bicyclic) bond motifs is 1. The normalized spacial score (nSPS) is 14.3. The number of Topliss-reactive ketones (excluding diaryl/α,β-unsaturated/α-hetero) is 1. The first kappa shape index (κ1) is 15.7. The number of thiazole rings is 1. The molecule has 0 amide bonds. The number of furan rings is 1. The maximum Gasteiger partial charge on any atom is 0.266 e. The number of hydrogen-bond donors (Lipinski definition) is 1. The minimum absolute atomic E-state index is 0.117. The number of aromatic nitrogens is 1. The van der Waals surface area contributed by atoms with Gasteiger partial charge in [-0.05, 0) is 35.9 Å². The molecule has 0 radical (unpaired) electrons. The first-order chi connectivity index (χ1) is 12.1. The summed E-state index contributed by atoms with van der Waals surface area (Å²) in [6.07, 6.45) is 4.42. The number of ether oxygens (including phenoxy) is 2. The zero-order valence-corrected chi connectivity index (χ0v) is 14.1. The van der Waals surface area contributed by atoms with E-state index in [4.69, 9.17) is 25.5 Å². The van der Waals surface area contributed by atoms with Crippen LogP contribution in [0.3, 0.4) is 0 Å². The highest BCUT2D eigenvalue weighted by Crippen LogP contribution is 2.39. The minimum Gasteiger partial charge on any atom is -0.461 e. The predicted molar refractivity (Wildman–Crippen MR) is 92.8 cm³/mol. The highest BCUT2D eigenvalue weighted by atomic mass is 35.5. The lowest BCUT2D eigenvalue weighted by Gasteiger charge is -2.00. The molecule has 4 rings (SSSR count). The van der Waals surface area contributed by atoms with Gasteiger partial charge in [-0.2, -0.15) is 0 Å². The summed E-state index contributed by atoms with van der Waals surface area (Å²) in [4.78, 5) is 26.8. The van der Waals surface area contributed by atoms with Crippen LogP contribution in [-0.4, -0.2) is 17.6 Å².